The van der Waals surface area contributed by atoms with Gasteiger partial charge in [-0.15, -0.1) is 0 Å². The van der Waals surface area contributed by atoms with Gasteiger partial charge in [0.25, 0.3) is 0 Å². The first kappa shape index (κ1) is 18.8. The molecule has 0 radical (unpaired) electrons. The maximum Gasteiger partial charge on any atom is 0.315 e. The van der Waals surface area contributed by atoms with Gasteiger partial charge >= 0.3 is 5.97 Å². The van der Waals surface area contributed by atoms with Crippen LogP contribution in [0, 0.1) is 9.49 Å². The Kier molecular flexibility index (Phi) is 5.48. The second-order valence-electron chi connectivity index (χ2n) is 7.71. The number of benzene rings is 1. The molecular weight excluding hydrogens is 453 g/mol. The van der Waals surface area contributed by atoms with Gasteiger partial charge in [0.15, 0.2) is 5.78 Å². The van der Waals surface area contributed by atoms with Crippen LogP contribution in [0.25, 0.3) is 0 Å². The van der Waals surface area contributed by atoms with Crippen LogP contribution in [0.3, 0.4) is 0 Å². The van der Waals surface area contributed by atoms with E-state index < -0.39 is 5.92 Å². The third-order valence-electron chi connectivity index (χ3n) is 5.91. The summed E-state index contributed by atoms with van der Waals surface area (Å²) in [4.78, 5) is 30.8. The molecule has 0 N–H and O–H groups in total. The Balaban J connectivity index is 1.77. The molecular formula is C22H24INO3. The monoisotopic (exact) mass is 477 g/mol. The second-order valence-corrected chi connectivity index (χ2v) is 8.87. The van der Waals surface area contributed by atoms with Gasteiger partial charge in [-0.3, -0.25) is 14.6 Å². The fourth-order valence-corrected chi connectivity index (χ4v) is 5.34. The quantitative estimate of drug-likeness (QED) is 0.457. The number of Topliss-reactive ketones (excluding diaryl/α,β-unsaturated/α-hetero) is 1. The van der Waals surface area contributed by atoms with E-state index in [9.17, 15) is 9.59 Å². The number of halogens is 1. The number of aliphatic imine (C=N–C) groups is 1. The van der Waals surface area contributed by atoms with Crippen LogP contribution in [-0.4, -0.2) is 23.6 Å². The molecule has 4 nitrogen and oxygen atoms in total. The molecule has 1 saturated carbocycles. The summed E-state index contributed by atoms with van der Waals surface area (Å²) in [6, 6.07) is 8.03. The highest BCUT2D eigenvalue weighted by Crippen LogP contribution is 2.45. The van der Waals surface area contributed by atoms with Crippen LogP contribution in [0.15, 0.2) is 40.5 Å². The molecule has 3 aliphatic rings. The van der Waals surface area contributed by atoms with Crippen molar-refractivity contribution in [1.29, 1.82) is 0 Å². The lowest BCUT2D eigenvalue weighted by atomic mass is 9.72. The van der Waals surface area contributed by atoms with E-state index in [-0.39, 0.29) is 23.8 Å². The lowest BCUT2D eigenvalue weighted by Gasteiger charge is -2.35. The fraction of sp³-hybridized carbons (Fsp3) is 0.500. The largest absolute Gasteiger partial charge is 0.462 e. The van der Waals surface area contributed by atoms with Crippen molar-refractivity contribution >= 4 is 40.1 Å². The van der Waals surface area contributed by atoms with E-state index in [0.717, 1.165) is 64.6 Å². The van der Waals surface area contributed by atoms with E-state index in [0.29, 0.717) is 6.42 Å². The van der Waals surface area contributed by atoms with E-state index in [1.54, 1.807) is 0 Å². The number of hydrogen-bond acceptors (Lipinski definition) is 4. The van der Waals surface area contributed by atoms with Crippen molar-refractivity contribution in [2.75, 3.05) is 0 Å². The molecule has 1 fully saturated rings. The van der Waals surface area contributed by atoms with Crippen LogP contribution in [0.4, 0.5) is 0 Å². The van der Waals surface area contributed by atoms with E-state index in [2.05, 4.69) is 22.6 Å². The molecule has 0 amide bonds. The van der Waals surface area contributed by atoms with Crippen LogP contribution in [0.5, 0.6) is 0 Å². The zero-order valence-electron chi connectivity index (χ0n) is 15.5. The van der Waals surface area contributed by atoms with E-state index in [1.807, 2.05) is 31.2 Å². The van der Waals surface area contributed by atoms with Crippen molar-refractivity contribution in [1.82, 2.24) is 0 Å². The number of esters is 1. The summed E-state index contributed by atoms with van der Waals surface area (Å²) in [5, 5.41) is 0. The van der Waals surface area contributed by atoms with Crippen molar-refractivity contribution in [3.05, 3.63) is 44.7 Å². The number of nitrogens with zero attached hydrogens (tertiary/aromatic N) is 1. The number of allylic oxidation sites excluding steroid dienone is 2. The van der Waals surface area contributed by atoms with Crippen LogP contribution in [0.2, 0.25) is 0 Å². The van der Waals surface area contributed by atoms with Gasteiger partial charge in [-0.1, -0.05) is 18.2 Å². The lowest BCUT2D eigenvalue weighted by molar-refractivity contribution is -0.151. The van der Waals surface area contributed by atoms with Gasteiger partial charge in [-0.25, -0.2) is 0 Å². The van der Waals surface area contributed by atoms with Crippen LogP contribution >= 0.6 is 22.6 Å². The Morgan fingerprint density at radius 3 is 2.63 bits per heavy atom. The Morgan fingerprint density at radius 1 is 1.15 bits per heavy atom. The molecule has 1 aromatic carbocycles. The standard InChI is InChI=1S/C22H24INO3/c1-13-19(22(26)27-14-7-2-3-8-14)20(15-9-4-5-10-16(15)23)21-17(24-13)11-6-12-18(21)25/h4-5,9-10,14,19-20H,2-3,6-8,11-12H2,1H3/t19?,20-/m1/s1. The highest BCUT2D eigenvalue weighted by Gasteiger charge is 2.44. The number of ether oxygens (including phenoxy) is 1. The molecule has 2 aliphatic carbocycles. The zero-order chi connectivity index (χ0) is 19.0. The minimum absolute atomic E-state index is 0.0122. The second kappa shape index (κ2) is 7.86. The van der Waals surface area contributed by atoms with Crippen molar-refractivity contribution in [3.63, 3.8) is 0 Å². The summed E-state index contributed by atoms with van der Waals surface area (Å²) in [5.74, 6) is -0.886. The molecule has 0 bridgehead atoms. The Bertz CT molecular complexity index is 836. The maximum atomic E-state index is 13.2. The molecule has 0 spiro atoms. The maximum absolute atomic E-state index is 13.2. The van der Waals surface area contributed by atoms with Gasteiger partial charge in [-0.05, 0) is 79.7 Å². The summed E-state index contributed by atoms with van der Waals surface area (Å²) in [6.45, 7) is 1.91. The summed E-state index contributed by atoms with van der Waals surface area (Å²) in [7, 11) is 0. The number of rotatable bonds is 3. The predicted molar refractivity (Wildman–Crippen MR) is 113 cm³/mol. The van der Waals surface area contributed by atoms with Crippen molar-refractivity contribution < 1.29 is 14.3 Å². The molecule has 1 unspecified atom stereocenters. The number of hydrogen-bond donors (Lipinski definition) is 0. The molecule has 2 atom stereocenters. The highest BCUT2D eigenvalue weighted by molar-refractivity contribution is 14.1. The summed E-state index contributed by atoms with van der Waals surface area (Å²) in [6.07, 6.45) is 6.31. The molecule has 4 rings (SSSR count). The first-order valence-electron chi connectivity index (χ1n) is 9.82. The molecule has 5 heteroatoms. The Morgan fingerprint density at radius 2 is 1.89 bits per heavy atom. The summed E-state index contributed by atoms with van der Waals surface area (Å²) >= 11 is 2.30. The first-order valence-corrected chi connectivity index (χ1v) is 10.9. The highest BCUT2D eigenvalue weighted by atomic mass is 127. The van der Waals surface area contributed by atoms with Crippen LogP contribution < -0.4 is 0 Å². The zero-order valence-corrected chi connectivity index (χ0v) is 17.7. The molecule has 0 aromatic heterocycles. The number of carbonyl (C=O) groups is 2. The first-order chi connectivity index (χ1) is 13.1. The number of carbonyl (C=O) groups excluding carboxylic acids is 2. The van der Waals surface area contributed by atoms with E-state index in [1.165, 1.54) is 0 Å². The minimum atomic E-state index is -0.512. The lowest BCUT2D eigenvalue weighted by Crippen LogP contribution is -2.38. The molecule has 0 saturated heterocycles. The van der Waals surface area contributed by atoms with Gasteiger partial charge in [0, 0.05) is 32.9 Å². The average Bonchev–Trinajstić information content (AvgIpc) is 3.14. The van der Waals surface area contributed by atoms with Gasteiger partial charge in [0.1, 0.15) is 12.0 Å². The Hall–Kier alpha value is -1.50. The van der Waals surface area contributed by atoms with Gasteiger partial charge in [0.2, 0.25) is 0 Å². The topological polar surface area (TPSA) is 55.7 Å². The van der Waals surface area contributed by atoms with Gasteiger partial charge in [0.05, 0.1) is 0 Å². The Labute approximate surface area is 173 Å². The van der Waals surface area contributed by atoms with E-state index in [4.69, 9.17) is 9.73 Å². The van der Waals surface area contributed by atoms with E-state index >= 15 is 0 Å². The third kappa shape index (κ3) is 3.62. The van der Waals surface area contributed by atoms with Gasteiger partial charge in [-0.2, -0.15) is 0 Å². The van der Waals surface area contributed by atoms with Crippen molar-refractivity contribution in [3.8, 4) is 0 Å². The summed E-state index contributed by atoms with van der Waals surface area (Å²) < 4.78 is 6.94. The van der Waals surface area contributed by atoms with Gasteiger partial charge < -0.3 is 4.74 Å². The van der Waals surface area contributed by atoms with Crippen molar-refractivity contribution in [2.24, 2.45) is 10.9 Å². The minimum Gasteiger partial charge on any atom is -0.462 e. The van der Waals surface area contributed by atoms with Crippen LogP contribution in [-0.2, 0) is 14.3 Å². The predicted octanol–water partition coefficient (Wildman–Crippen LogP) is 4.96. The van der Waals surface area contributed by atoms with Crippen molar-refractivity contribution in [2.45, 2.75) is 63.9 Å². The normalized spacial score (nSPS) is 26.0. The average molecular weight is 477 g/mol. The SMILES string of the molecule is CC1=NC2=C(C(=O)CCC2)[C@H](c2ccccc2I)C1C(=O)OC1CCCC1. The molecule has 27 heavy (non-hydrogen) atoms. The third-order valence-corrected chi connectivity index (χ3v) is 6.90. The molecule has 142 valence electrons. The number of ketones is 1. The molecule has 1 aromatic rings. The molecule has 1 heterocycles. The molecule has 1 aliphatic heterocycles. The van der Waals surface area contributed by atoms with Crippen LogP contribution in [0.1, 0.15) is 63.4 Å². The summed E-state index contributed by atoms with van der Waals surface area (Å²) in [5.41, 5.74) is 3.42. The smallest absolute Gasteiger partial charge is 0.315 e. The fourth-order valence-electron chi connectivity index (χ4n) is 4.62.